The predicted molar refractivity (Wildman–Crippen MR) is 95.7 cm³/mol. The van der Waals surface area contributed by atoms with E-state index in [9.17, 15) is 0 Å². The zero-order chi connectivity index (χ0) is 17.7. The molecule has 2 fully saturated rings. The molecule has 2 aliphatic carbocycles. The Morgan fingerprint density at radius 2 is 1.88 bits per heavy atom. The Bertz CT molecular complexity index is 832. The van der Waals surface area contributed by atoms with E-state index in [1.165, 1.54) is 17.5 Å². The number of piperidine rings is 1. The molecule has 0 N–H and O–H groups in total. The smallest absolute Gasteiger partial charge is 0.226 e. The van der Waals surface area contributed by atoms with Crippen LogP contribution in [0.15, 0.2) is 24.3 Å². The van der Waals surface area contributed by atoms with Crippen molar-refractivity contribution in [3.63, 3.8) is 0 Å². The van der Waals surface area contributed by atoms with Crippen LogP contribution in [0.1, 0.15) is 24.0 Å². The van der Waals surface area contributed by atoms with Gasteiger partial charge in [-0.1, -0.05) is 12.1 Å². The maximum atomic E-state index is 6.70. The molecule has 0 aromatic heterocycles. The molecule has 1 aromatic carbocycles. The maximum absolute atomic E-state index is 6.70. The molecule has 5 aliphatic rings. The molecule has 138 valence electrons. The standard InChI is InChI=1S/C21H25NO4/c1-23-14-5-4-13-12-15-19-6-7-21(24-2,25-3)18-20(19,16(13)17(14)26-18)9-11-22(15)10-8-19/h4-7,15,18H,8-12H2,1-3H3/t15-,18-,19-,20+/m1/s1. The highest BCUT2D eigenvalue weighted by Crippen LogP contribution is 2.71. The third kappa shape index (κ3) is 1.35. The van der Waals surface area contributed by atoms with E-state index in [0.717, 1.165) is 37.4 Å². The van der Waals surface area contributed by atoms with Crippen LogP contribution in [0.4, 0.5) is 0 Å². The van der Waals surface area contributed by atoms with Crippen molar-refractivity contribution in [3.8, 4) is 11.5 Å². The molecule has 3 heterocycles. The number of rotatable bonds is 3. The Kier molecular flexibility index (Phi) is 2.76. The maximum Gasteiger partial charge on any atom is 0.226 e. The fourth-order valence-electron chi connectivity index (χ4n) is 7.02. The summed E-state index contributed by atoms with van der Waals surface area (Å²) < 4.78 is 24.3. The summed E-state index contributed by atoms with van der Waals surface area (Å²) >= 11 is 0. The van der Waals surface area contributed by atoms with Crippen molar-refractivity contribution in [2.24, 2.45) is 5.41 Å². The van der Waals surface area contributed by atoms with Crippen molar-refractivity contribution in [2.45, 2.75) is 42.6 Å². The Balaban J connectivity index is 1.72. The second-order valence-electron chi connectivity index (χ2n) is 8.36. The van der Waals surface area contributed by atoms with E-state index in [1.54, 1.807) is 21.3 Å². The first-order valence-electron chi connectivity index (χ1n) is 9.57. The Morgan fingerprint density at radius 1 is 1.08 bits per heavy atom. The number of nitrogens with zero attached hydrogens (tertiary/aromatic N) is 1. The second kappa shape index (κ2) is 4.64. The van der Waals surface area contributed by atoms with Gasteiger partial charge in [-0.2, -0.15) is 0 Å². The molecule has 4 bridgehead atoms. The van der Waals surface area contributed by atoms with Gasteiger partial charge < -0.3 is 18.9 Å². The van der Waals surface area contributed by atoms with E-state index in [4.69, 9.17) is 18.9 Å². The average Bonchev–Trinajstić information content (AvgIpc) is 3.14. The van der Waals surface area contributed by atoms with Gasteiger partial charge in [0.2, 0.25) is 5.79 Å². The lowest BCUT2D eigenvalue weighted by Gasteiger charge is -2.62. The first kappa shape index (κ1) is 15.5. The van der Waals surface area contributed by atoms with Gasteiger partial charge in [-0.05, 0) is 50.1 Å². The van der Waals surface area contributed by atoms with Gasteiger partial charge in [0.05, 0.1) is 12.5 Å². The monoisotopic (exact) mass is 355 g/mol. The number of ether oxygens (including phenoxy) is 4. The van der Waals surface area contributed by atoms with E-state index >= 15 is 0 Å². The first-order chi connectivity index (χ1) is 12.7. The number of methoxy groups -OCH3 is 3. The van der Waals surface area contributed by atoms with E-state index in [1.807, 2.05) is 0 Å². The van der Waals surface area contributed by atoms with Crippen molar-refractivity contribution in [2.75, 3.05) is 34.4 Å². The molecule has 26 heavy (non-hydrogen) atoms. The average molecular weight is 355 g/mol. The van der Waals surface area contributed by atoms with Gasteiger partial charge in [0.15, 0.2) is 17.6 Å². The molecule has 2 saturated heterocycles. The lowest BCUT2D eigenvalue weighted by Crippen LogP contribution is -2.71. The SMILES string of the molecule is COc1ccc2c3c1O[C@H]1C(OC)(OC)C=C[C@]45CCN(CC[C@]314)[C@@H]5C2. The van der Waals surface area contributed by atoms with Gasteiger partial charge >= 0.3 is 0 Å². The van der Waals surface area contributed by atoms with Crippen molar-refractivity contribution in [3.05, 3.63) is 35.4 Å². The molecule has 2 spiro atoms. The van der Waals surface area contributed by atoms with Gasteiger partial charge in [-0.25, -0.2) is 0 Å². The van der Waals surface area contributed by atoms with Gasteiger partial charge in [-0.3, -0.25) is 4.90 Å². The van der Waals surface area contributed by atoms with Crippen LogP contribution in [0, 0.1) is 5.41 Å². The molecule has 0 saturated carbocycles. The molecule has 5 heteroatoms. The van der Waals surface area contributed by atoms with E-state index in [-0.39, 0.29) is 16.9 Å². The minimum Gasteiger partial charge on any atom is -0.493 e. The molecular formula is C21H25NO4. The summed E-state index contributed by atoms with van der Waals surface area (Å²) in [5, 5.41) is 0. The minimum atomic E-state index is -0.862. The molecule has 6 rings (SSSR count). The van der Waals surface area contributed by atoms with Crippen LogP contribution in [0.25, 0.3) is 0 Å². The van der Waals surface area contributed by atoms with Gasteiger partial charge in [0, 0.05) is 31.2 Å². The lowest BCUT2D eigenvalue weighted by molar-refractivity contribution is -0.250. The zero-order valence-electron chi connectivity index (χ0n) is 15.6. The number of hydrogen-bond acceptors (Lipinski definition) is 5. The van der Waals surface area contributed by atoms with Crippen LogP contribution in [0.3, 0.4) is 0 Å². The molecule has 1 unspecified atom stereocenters. The first-order valence-corrected chi connectivity index (χ1v) is 9.57. The third-order valence-corrected chi connectivity index (χ3v) is 8.06. The molecular weight excluding hydrogens is 330 g/mol. The molecule has 3 aliphatic heterocycles. The highest BCUT2D eigenvalue weighted by atomic mass is 16.7. The largest absolute Gasteiger partial charge is 0.493 e. The second-order valence-corrected chi connectivity index (χ2v) is 8.36. The summed E-state index contributed by atoms with van der Waals surface area (Å²) in [7, 11) is 5.16. The van der Waals surface area contributed by atoms with Crippen LogP contribution in [-0.2, 0) is 21.3 Å². The van der Waals surface area contributed by atoms with Gasteiger partial charge in [0.1, 0.15) is 0 Å². The number of benzene rings is 1. The molecule has 0 amide bonds. The summed E-state index contributed by atoms with van der Waals surface area (Å²) in [5.41, 5.74) is 2.76. The quantitative estimate of drug-likeness (QED) is 0.615. The van der Waals surface area contributed by atoms with E-state index in [2.05, 4.69) is 29.2 Å². The molecule has 0 radical (unpaired) electrons. The van der Waals surface area contributed by atoms with Crippen LogP contribution in [-0.4, -0.2) is 57.3 Å². The summed E-state index contributed by atoms with van der Waals surface area (Å²) in [6.45, 7) is 2.27. The summed E-state index contributed by atoms with van der Waals surface area (Å²) in [5.74, 6) is 0.872. The third-order valence-electron chi connectivity index (χ3n) is 8.06. The van der Waals surface area contributed by atoms with Crippen molar-refractivity contribution in [1.82, 2.24) is 4.90 Å². The number of hydrogen-bond donors (Lipinski definition) is 0. The van der Waals surface area contributed by atoms with Crippen LogP contribution < -0.4 is 9.47 Å². The molecule has 5 atom stereocenters. The Labute approximate surface area is 153 Å². The topological polar surface area (TPSA) is 40.2 Å². The minimum absolute atomic E-state index is 0.0983. The fraction of sp³-hybridized carbons (Fsp3) is 0.619. The zero-order valence-corrected chi connectivity index (χ0v) is 15.6. The van der Waals surface area contributed by atoms with Gasteiger partial charge in [-0.15, -0.1) is 0 Å². The highest BCUT2D eigenvalue weighted by Gasteiger charge is 2.76. The van der Waals surface area contributed by atoms with Gasteiger partial charge in [0.25, 0.3) is 0 Å². The van der Waals surface area contributed by atoms with E-state index in [0.29, 0.717) is 6.04 Å². The van der Waals surface area contributed by atoms with Crippen LogP contribution >= 0.6 is 0 Å². The van der Waals surface area contributed by atoms with Crippen molar-refractivity contribution >= 4 is 0 Å². The summed E-state index contributed by atoms with van der Waals surface area (Å²) in [4.78, 5) is 2.68. The Morgan fingerprint density at radius 3 is 2.65 bits per heavy atom. The van der Waals surface area contributed by atoms with E-state index < -0.39 is 5.79 Å². The molecule has 5 nitrogen and oxygen atoms in total. The summed E-state index contributed by atoms with van der Waals surface area (Å²) in [6, 6.07) is 4.84. The normalized spacial score (nSPS) is 42.3. The fourth-order valence-corrected chi connectivity index (χ4v) is 7.02. The predicted octanol–water partition coefficient (Wildman–Crippen LogP) is 2.27. The van der Waals surface area contributed by atoms with Crippen LogP contribution in [0.5, 0.6) is 11.5 Å². The lowest BCUT2D eigenvalue weighted by atomic mass is 9.45. The van der Waals surface area contributed by atoms with Crippen molar-refractivity contribution in [1.29, 1.82) is 0 Å². The van der Waals surface area contributed by atoms with Crippen molar-refractivity contribution < 1.29 is 18.9 Å². The highest BCUT2D eigenvalue weighted by molar-refractivity contribution is 5.64. The van der Waals surface area contributed by atoms with Crippen LogP contribution in [0.2, 0.25) is 0 Å². The Hall–Kier alpha value is -1.56. The molecule has 1 aromatic rings. The summed E-state index contributed by atoms with van der Waals surface area (Å²) in [6.07, 6.45) is 7.68.